The van der Waals surface area contributed by atoms with Crippen LogP contribution in [0, 0.1) is 17.3 Å². The lowest BCUT2D eigenvalue weighted by atomic mass is 9.93. The maximum absolute atomic E-state index is 11.7. The second-order valence-electron chi connectivity index (χ2n) is 4.96. The highest BCUT2D eigenvalue weighted by atomic mass is 32.1. The van der Waals surface area contributed by atoms with Crippen LogP contribution in [0.2, 0.25) is 0 Å². The molecule has 2 aliphatic rings. The molecule has 1 saturated carbocycles. The molecule has 82 valence electrons. The minimum atomic E-state index is -0.475. The number of hydrogen-bond donors (Lipinski definition) is 1. The third kappa shape index (κ3) is 1.55. The number of hydrogen-bond acceptors (Lipinski definition) is 3. The number of amides is 2. The lowest BCUT2D eigenvalue weighted by Crippen LogP contribution is -2.45. The van der Waals surface area contributed by atoms with Crippen LogP contribution in [0.25, 0.3) is 0 Å². The number of imide groups is 1. The molecule has 0 radical (unpaired) electrons. The minimum absolute atomic E-state index is 0.0420. The first-order valence-electron chi connectivity index (χ1n) is 5.00. The molecule has 2 rings (SSSR count). The van der Waals surface area contributed by atoms with Gasteiger partial charge >= 0.3 is 0 Å². The molecule has 5 heteroatoms. The Morgan fingerprint density at radius 3 is 2.33 bits per heavy atom. The standard InChI is InChI=1S/C10H14N2O2S/c1-10(2,9(11)15)4-12-7(13)5-3-6(5)8(12)14/h5-6H,3-4H2,1-2H3,(H2,11,15). The predicted molar refractivity (Wildman–Crippen MR) is 58.9 cm³/mol. The number of likely N-dealkylation sites (tertiary alicyclic amines) is 1. The molecule has 2 unspecified atom stereocenters. The smallest absolute Gasteiger partial charge is 0.233 e. The number of nitrogens with zero attached hydrogens (tertiary/aromatic N) is 1. The van der Waals surface area contributed by atoms with Crippen LogP contribution in [0.5, 0.6) is 0 Å². The summed E-state index contributed by atoms with van der Waals surface area (Å²) in [5, 5.41) is 0. The van der Waals surface area contributed by atoms with E-state index in [-0.39, 0.29) is 23.7 Å². The van der Waals surface area contributed by atoms with E-state index in [4.69, 9.17) is 18.0 Å². The fourth-order valence-corrected chi connectivity index (χ4v) is 1.94. The van der Waals surface area contributed by atoms with E-state index in [1.54, 1.807) is 0 Å². The van der Waals surface area contributed by atoms with Crippen LogP contribution in [-0.4, -0.2) is 28.2 Å². The molecule has 0 spiro atoms. The Morgan fingerprint density at radius 2 is 1.93 bits per heavy atom. The molecule has 0 aromatic heterocycles. The Morgan fingerprint density at radius 1 is 1.47 bits per heavy atom. The fourth-order valence-electron chi connectivity index (χ4n) is 1.88. The van der Waals surface area contributed by atoms with E-state index in [1.807, 2.05) is 13.8 Å². The molecule has 0 bridgehead atoms. The Bertz CT molecular complexity index is 344. The first-order chi connectivity index (χ1) is 6.84. The normalized spacial score (nSPS) is 29.3. The third-order valence-corrected chi connectivity index (χ3v) is 3.73. The van der Waals surface area contributed by atoms with E-state index in [1.165, 1.54) is 4.90 Å². The summed E-state index contributed by atoms with van der Waals surface area (Å²) in [5.74, 6) is -0.178. The quantitative estimate of drug-likeness (QED) is 0.555. The molecule has 2 N–H and O–H groups in total. The summed E-state index contributed by atoms with van der Waals surface area (Å²) >= 11 is 4.91. The van der Waals surface area contributed by atoms with Gasteiger partial charge in [0.2, 0.25) is 11.8 Å². The first-order valence-corrected chi connectivity index (χ1v) is 5.40. The number of nitrogens with two attached hydrogens (primary N) is 1. The number of fused-ring (bicyclic) bond motifs is 1. The Balaban J connectivity index is 2.10. The van der Waals surface area contributed by atoms with E-state index in [9.17, 15) is 9.59 Å². The van der Waals surface area contributed by atoms with Gasteiger partial charge in [0.15, 0.2) is 0 Å². The Hall–Kier alpha value is -0.970. The van der Waals surface area contributed by atoms with Gasteiger partial charge in [0.25, 0.3) is 0 Å². The van der Waals surface area contributed by atoms with Crippen LogP contribution in [0.15, 0.2) is 0 Å². The second-order valence-corrected chi connectivity index (χ2v) is 5.40. The summed E-state index contributed by atoms with van der Waals surface area (Å²) in [5.41, 5.74) is 5.09. The maximum Gasteiger partial charge on any atom is 0.233 e. The van der Waals surface area contributed by atoms with Crippen LogP contribution >= 0.6 is 12.2 Å². The van der Waals surface area contributed by atoms with Gasteiger partial charge in [0, 0.05) is 12.0 Å². The molecule has 1 saturated heterocycles. The van der Waals surface area contributed by atoms with Gasteiger partial charge in [-0.25, -0.2) is 0 Å². The highest BCUT2D eigenvalue weighted by Gasteiger charge is 2.59. The number of rotatable bonds is 3. The lowest BCUT2D eigenvalue weighted by Gasteiger charge is -2.28. The van der Waals surface area contributed by atoms with Gasteiger partial charge in [-0.15, -0.1) is 0 Å². The number of carbonyl (C=O) groups is 2. The summed E-state index contributed by atoms with van der Waals surface area (Å²) in [7, 11) is 0. The van der Waals surface area contributed by atoms with E-state index in [2.05, 4.69) is 0 Å². The van der Waals surface area contributed by atoms with Crippen LogP contribution in [0.4, 0.5) is 0 Å². The molecule has 1 aliphatic heterocycles. The summed E-state index contributed by atoms with van der Waals surface area (Å²) in [6, 6.07) is 0. The molecular formula is C10H14N2O2S. The highest BCUT2D eigenvalue weighted by molar-refractivity contribution is 7.80. The van der Waals surface area contributed by atoms with E-state index >= 15 is 0 Å². The van der Waals surface area contributed by atoms with Crippen molar-refractivity contribution < 1.29 is 9.59 Å². The molecule has 2 atom stereocenters. The summed E-state index contributed by atoms with van der Waals surface area (Å²) in [6.45, 7) is 4.01. The van der Waals surface area contributed by atoms with Crippen molar-refractivity contribution in [2.45, 2.75) is 20.3 Å². The maximum atomic E-state index is 11.7. The van der Waals surface area contributed by atoms with Crippen LogP contribution < -0.4 is 5.73 Å². The molecule has 1 aliphatic carbocycles. The van der Waals surface area contributed by atoms with Crippen molar-refractivity contribution in [3.8, 4) is 0 Å². The van der Waals surface area contributed by atoms with Crippen molar-refractivity contribution >= 4 is 29.0 Å². The predicted octanol–water partition coefficient (Wildman–Crippen LogP) is 0.304. The molecular weight excluding hydrogens is 212 g/mol. The van der Waals surface area contributed by atoms with Crippen molar-refractivity contribution in [1.29, 1.82) is 0 Å². The summed E-state index contributed by atoms with van der Waals surface area (Å²) in [4.78, 5) is 25.0. The van der Waals surface area contributed by atoms with Crippen LogP contribution in [0.3, 0.4) is 0 Å². The molecule has 2 fully saturated rings. The molecule has 2 amide bonds. The topological polar surface area (TPSA) is 63.4 Å². The van der Waals surface area contributed by atoms with Gasteiger partial charge in [-0.3, -0.25) is 14.5 Å². The Kier molecular flexibility index (Phi) is 2.12. The number of carbonyl (C=O) groups excluding carboxylic acids is 2. The number of piperidine rings is 1. The summed E-state index contributed by atoms with van der Waals surface area (Å²) < 4.78 is 0. The highest BCUT2D eigenvalue weighted by Crippen LogP contribution is 2.47. The SMILES string of the molecule is CC(C)(CN1C(=O)C2CC2C1=O)C(N)=S. The third-order valence-electron chi connectivity index (χ3n) is 3.18. The van der Waals surface area contributed by atoms with Gasteiger partial charge in [-0.1, -0.05) is 26.1 Å². The molecule has 15 heavy (non-hydrogen) atoms. The van der Waals surface area contributed by atoms with Crippen molar-refractivity contribution in [3.05, 3.63) is 0 Å². The average Bonchev–Trinajstić information content (AvgIpc) is 2.86. The molecule has 1 heterocycles. The Labute approximate surface area is 93.8 Å². The first kappa shape index (κ1) is 10.5. The van der Waals surface area contributed by atoms with Crippen molar-refractivity contribution in [2.75, 3.05) is 6.54 Å². The summed E-state index contributed by atoms with van der Waals surface area (Å²) in [6.07, 6.45) is 0.738. The zero-order valence-corrected chi connectivity index (χ0v) is 9.63. The monoisotopic (exact) mass is 226 g/mol. The van der Waals surface area contributed by atoms with Gasteiger partial charge in [0.1, 0.15) is 0 Å². The zero-order chi connectivity index (χ0) is 11.4. The van der Waals surface area contributed by atoms with Crippen molar-refractivity contribution in [1.82, 2.24) is 4.90 Å². The molecule has 0 aromatic rings. The number of thiocarbonyl (C=S) groups is 1. The molecule has 0 aromatic carbocycles. The molecule has 4 nitrogen and oxygen atoms in total. The van der Waals surface area contributed by atoms with Crippen LogP contribution in [-0.2, 0) is 9.59 Å². The fraction of sp³-hybridized carbons (Fsp3) is 0.700. The lowest BCUT2D eigenvalue weighted by molar-refractivity contribution is -0.142. The van der Waals surface area contributed by atoms with E-state index < -0.39 is 5.41 Å². The van der Waals surface area contributed by atoms with Crippen molar-refractivity contribution in [3.63, 3.8) is 0 Å². The average molecular weight is 226 g/mol. The van der Waals surface area contributed by atoms with Crippen molar-refractivity contribution in [2.24, 2.45) is 23.0 Å². The zero-order valence-electron chi connectivity index (χ0n) is 8.82. The van der Waals surface area contributed by atoms with Gasteiger partial charge in [0.05, 0.1) is 16.8 Å². The van der Waals surface area contributed by atoms with Crippen LogP contribution in [0.1, 0.15) is 20.3 Å². The van der Waals surface area contributed by atoms with Gasteiger partial charge in [-0.2, -0.15) is 0 Å². The second kappa shape index (κ2) is 3.01. The minimum Gasteiger partial charge on any atom is -0.393 e. The van der Waals surface area contributed by atoms with E-state index in [0.717, 1.165) is 6.42 Å². The van der Waals surface area contributed by atoms with Gasteiger partial charge in [-0.05, 0) is 6.42 Å². The largest absolute Gasteiger partial charge is 0.393 e. The van der Waals surface area contributed by atoms with Gasteiger partial charge < -0.3 is 5.73 Å². The van der Waals surface area contributed by atoms with E-state index in [0.29, 0.717) is 11.5 Å².